The van der Waals surface area contributed by atoms with Gasteiger partial charge in [0.15, 0.2) is 0 Å². The predicted octanol–water partition coefficient (Wildman–Crippen LogP) is 2.74. The van der Waals surface area contributed by atoms with E-state index in [0.717, 1.165) is 36.3 Å². The first kappa shape index (κ1) is 16.0. The van der Waals surface area contributed by atoms with Crippen LogP contribution >= 0.6 is 12.4 Å². The lowest BCUT2D eigenvalue weighted by molar-refractivity contribution is 0.00578. The van der Waals surface area contributed by atoms with Crippen LogP contribution in [0.2, 0.25) is 0 Å². The quantitative estimate of drug-likeness (QED) is 0.807. The van der Waals surface area contributed by atoms with Crippen molar-refractivity contribution in [1.29, 1.82) is 0 Å². The van der Waals surface area contributed by atoms with Crippen LogP contribution in [0.5, 0.6) is 5.75 Å². The molecular weight excluding hydrogens is 300 g/mol. The zero-order valence-electron chi connectivity index (χ0n) is 13.6. The summed E-state index contributed by atoms with van der Waals surface area (Å²) in [6.07, 6.45) is 2.28. The van der Waals surface area contributed by atoms with Crippen molar-refractivity contribution in [2.24, 2.45) is 0 Å². The van der Waals surface area contributed by atoms with E-state index in [1.807, 2.05) is 0 Å². The highest BCUT2D eigenvalue weighted by atomic mass is 35.5. The minimum Gasteiger partial charge on any atom is -0.483 e. The molecule has 0 radical (unpaired) electrons. The average molecular weight is 324 g/mol. The molecule has 1 aromatic rings. The van der Waals surface area contributed by atoms with Gasteiger partial charge in [-0.05, 0) is 58.1 Å². The first-order valence-corrected chi connectivity index (χ1v) is 7.73. The third kappa shape index (κ3) is 2.39. The summed E-state index contributed by atoms with van der Waals surface area (Å²) in [6.45, 7) is 9.20. The third-order valence-electron chi connectivity index (χ3n) is 5.27. The Labute approximate surface area is 138 Å². The molecule has 2 heterocycles. The Kier molecular flexibility index (Phi) is 3.48. The van der Waals surface area contributed by atoms with E-state index in [-0.39, 0.29) is 36.3 Å². The molecule has 3 aliphatic rings. The van der Waals surface area contributed by atoms with E-state index in [1.165, 1.54) is 0 Å². The highest BCUT2D eigenvalue weighted by molar-refractivity contribution is 6.62. The smallest absolute Gasteiger partial charge is 0.483 e. The standard InChI is InChI=1S/C16H22BNO3.ClH/c1-14(2)15(3,4)21-17(20-14)11-5-6-12-13(9-11)19-16(7-8-16)10-18-12;/h5-6,9,18H,7-8,10H2,1-4H3;1H. The van der Waals surface area contributed by atoms with Crippen molar-refractivity contribution in [1.82, 2.24) is 0 Å². The fourth-order valence-corrected chi connectivity index (χ4v) is 2.84. The van der Waals surface area contributed by atoms with Crippen LogP contribution < -0.4 is 15.5 Å². The zero-order valence-corrected chi connectivity index (χ0v) is 14.4. The molecule has 1 saturated heterocycles. The Morgan fingerprint density at radius 3 is 2.27 bits per heavy atom. The maximum Gasteiger partial charge on any atom is 0.494 e. The Balaban J connectivity index is 0.00000144. The number of ether oxygens (including phenoxy) is 1. The van der Waals surface area contributed by atoms with Crippen molar-refractivity contribution >= 4 is 30.7 Å². The Morgan fingerprint density at radius 2 is 1.68 bits per heavy atom. The van der Waals surface area contributed by atoms with Gasteiger partial charge in [0, 0.05) is 0 Å². The van der Waals surface area contributed by atoms with E-state index >= 15 is 0 Å². The lowest BCUT2D eigenvalue weighted by Crippen LogP contribution is -2.41. The maximum absolute atomic E-state index is 6.16. The monoisotopic (exact) mass is 323 g/mol. The molecule has 1 saturated carbocycles. The molecule has 4 nitrogen and oxygen atoms in total. The minimum atomic E-state index is -0.332. The van der Waals surface area contributed by atoms with Crippen molar-refractivity contribution in [3.63, 3.8) is 0 Å². The third-order valence-corrected chi connectivity index (χ3v) is 5.27. The summed E-state index contributed by atoms with van der Waals surface area (Å²) in [6, 6.07) is 6.18. The van der Waals surface area contributed by atoms with Gasteiger partial charge in [0.25, 0.3) is 0 Å². The zero-order chi connectivity index (χ0) is 14.9. The van der Waals surface area contributed by atoms with Gasteiger partial charge < -0.3 is 19.4 Å². The Bertz CT molecular complexity index is 585. The first-order valence-electron chi connectivity index (χ1n) is 7.73. The molecule has 1 aliphatic carbocycles. The van der Waals surface area contributed by atoms with Crippen LogP contribution in [0.25, 0.3) is 0 Å². The maximum atomic E-state index is 6.16. The first-order chi connectivity index (χ1) is 9.80. The molecule has 0 amide bonds. The molecule has 1 spiro atoms. The van der Waals surface area contributed by atoms with E-state index in [2.05, 4.69) is 51.2 Å². The minimum absolute atomic E-state index is 0. The van der Waals surface area contributed by atoms with Crippen molar-refractivity contribution in [3.05, 3.63) is 18.2 Å². The molecule has 120 valence electrons. The summed E-state index contributed by atoms with van der Waals surface area (Å²) < 4.78 is 18.4. The topological polar surface area (TPSA) is 39.7 Å². The summed E-state index contributed by atoms with van der Waals surface area (Å²) in [5.74, 6) is 0.922. The Hall–Kier alpha value is -0.905. The number of fused-ring (bicyclic) bond motifs is 1. The van der Waals surface area contributed by atoms with Crippen LogP contribution in [0.15, 0.2) is 18.2 Å². The SMILES string of the molecule is CC1(C)OB(c2ccc3c(c2)OC2(CC2)CN3)OC1(C)C.Cl. The van der Waals surface area contributed by atoms with Crippen LogP contribution in [0, 0.1) is 0 Å². The van der Waals surface area contributed by atoms with Crippen molar-refractivity contribution in [3.8, 4) is 5.75 Å². The summed E-state index contributed by atoms with van der Waals surface area (Å²) in [7, 11) is -0.332. The van der Waals surface area contributed by atoms with Crippen LogP contribution in [-0.2, 0) is 9.31 Å². The number of benzene rings is 1. The van der Waals surface area contributed by atoms with Gasteiger partial charge in [-0.1, -0.05) is 6.07 Å². The highest BCUT2D eigenvalue weighted by Crippen LogP contribution is 2.45. The molecule has 22 heavy (non-hydrogen) atoms. The van der Waals surface area contributed by atoms with E-state index in [0.29, 0.717) is 0 Å². The highest BCUT2D eigenvalue weighted by Gasteiger charge is 2.52. The molecule has 4 rings (SSSR count). The lowest BCUT2D eigenvalue weighted by atomic mass is 9.79. The van der Waals surface area contributed by atoms with Gasteiger partial charge in [0.2, 0.25) is 0 Å². The molecule has 1 aromatic carbocycles. The number of nitrogens with one attached hydrogen (secondary N) is 1. The predicted molar refractivity (Wildman–Crippen MR) is 90.5 cm³/mol. The van der Waals surface area contributed by atoms with Crippen molar-refractivity contribution < 1.29 is 14.0 Å². The van der Waals surface area contributed by atoms with Gasteiger partial charge >= 0.3 is 7.12 Å². The number of hydrogen-bond donors (Lipinski definition) is 1. The summed E-state index contributed by atoms with van der Waals surface area (Å²) >= 11 is 0. The van der Waals surface area contributed by atoms with Gasteiger partial charge in [-0.25, -0.2) is 0 Å². The van der Waals surface area contributed by atoms with Crippen LogP contribution in [0.3, 0.4) is 0 Å². The second-order valence-electron chi connectivity index (χ2n) is 7.48. The summed E-state index contributed by atoms with van der Waals surface area (Å²) in [5.41, 5.74) is 1.50. The molecule has 0 atom stereocenters. The van der Waals surface area contributed by atoms with Crippen molar-refractivity contribution in [2.75, 3.05) is 11.9 Å². The van der Waals surface area contributed by atoms with Crippen LogP contribution in [-0.4, -0.2) is 30.5 Å². The van der Waals surface area contributed by atoms with Crippen LogP contribution in [0.4, 0.5) is 5.69 Å². The fraction of sp³-hybridized carbons (Fsp3) is 0.625. The number of halogens is 1. The molecular formula is C16H23BClNO3. The molecule has 0 bridgehead atoms. The largest absolute Gasteiger partial charge is 0.494 e. The van der Waals surface area contributed by atoms with Gasteiger partial charge in [-0.3, -0.25) is 0 Å². The normalized spacial score (nSPS) is 25.7. The van der Waals surface area contributed by atoms with Gasteiger partial charge in [0.05, 0.1) is 23.4 Å². The second kappa shape index (κ2) is 4.79. The molecule has 0 unspecified atom stereocenters. The second-order valence-corrected chi connectivity index (χ2v) is 7.48. The Morgan fingerprint density at radius 1 is 1.05 bits per heavy atom. The molecule has 0 aromatic heterocycles. The number of anilines is 1. The van der Waals surface area contributed by atoms with Gasteiger partial charge in [-0.15, -0.1) is 12.4 Å². The van der Waals surface area contributed by atoms with Gasteiger partial charge in [-0.2, -0.15) is 0 Å². The fourth-order valence-electron chi connectivity index (χ4n) is 2.84. The van der Waals surface area contributed by atoms with Gasteiger partial charge in [0.1, 0.15) is 11.4 Å². The molecule has 2 fully saturated rings. The van der Waals surface area contributed by atoms with E-state index in [1.54, 1.807) is 0 Å². The molecule has 6 heteroatoms. The number of rotatable bonds is 1. The van der Waals surface area contributed by atoms with Crippen molar-refractivity contribution in [2.45, 2.75) is 57.3 Å². The number of hydrogen-bond acceptors (Lipinski definition) is 4. The molecule has 1 N–H and O–H groups in total. The van der Waals surface area contributed by atoms with E-state index in [4.69, 9.17) is 14.0 Å². The summed E-state index contributed by atoms with van der Waals surface area (Å²) in [5, 5.41) is 3.46. The van der Waals surface area contributed by atoms with E-state index < -0.39 is 0 Å². The average Bonchev–Trinajstić information content (AvgIpc) is 3.10. The molecule has 2 aliphatic heterocycles. The van der Waals surface area contributed by atoms with Crippen LogP contribution in [0.1, 0.15) is 40.5 Å². The lowest BCUT2D eigenvalue weighted by Gasteiger charge is -2.32. The van der Waals surface area contributed by atoms with E-state index in [9.17, 15) is 0 Å². The summed E-state index contributed by atoms with van der Waals surface area (Å²) in [4.78, 5) is 0.